The summed E-state index contributed by atoms with van der Waals surface area (Å²) in [6.07, 6.45) is 0. The Morgan fingerprint density at radius 2 is 1.89 bits per heavy atom. The van der Waals surface area contributed by atoms with Crippen LogP contribution in [0.25, 0.3) is 5.69 Å². The molecule has 1 aromatic heterocycles. The summed E-state index contributed by atoms with van der Waals surface area (Å²) in [6, 6.07) is 9.37. The van der Waals surface area contributed by atoms with Gasteiger partial charge < -0.3 is 4.74 Å². The predicted molar refractivity (Wildman–Crippen MR) is 92.1 cm³/mol. The number of Topliss-reactive ketones (excluding diaryl/α,β-unsaturated/α-hetero) is 1. The van der Waals surface area contributed by atoms with Gasteiger partial charge in [0.25, 0.3) is 0 Å². The number of carbonyl (C=O) groups is 2. The number of benzene rings is 2. The monoisotopic (exact) mass is 391 g/mol. The summed E-state index contributed by atoms with van der Waals surface area (Å²) < 4.78 is 31.0. The van der Waals surface area contributed by atoms with Crippen LogP contribution in [0.1, 0.15) is 26.5 Å². The van der Waals surface area contributed by atoms with Crippen molar-refractivity contribution in [1.29, 1.82) is 0 Å². The van der Waals surface area contributed by atoms with Crippen LogP contribution in [0.4, 0.5) is 8.78 Å². The minimum Gasteiger partial charge on any atom is -0.452 e. The molecule has 0 fully saturated rings. The molecule has 6 nitrogen and oxygen atoms in total. The summed E-state index contributed by atoms with van der Waals surface area (Å²) in [4.78, 5) is 25.4. The standard InChI is InChI=1S/C18H12ClF2N3O3/c1-10-17(23-24(22-10)13-4-2-3-12(19)8-13)18(26)27-9-16(25)11-5-6-14(20)15(21)7-11/h2-8H,9H2,1H3. The van der Waals surface area contributed by atoms with Gasteiger partial charge in [-0.15, -0.1) is 5.10 Å². The third-order valence-corrected chi connectivity index (χ3v) is 3.83. The number of nitrogens with zero attached hydrogens (tertiary/aromatic N) is 3. The van der Waals surface area contributed by atoms with Crippen LogP contribution in [0.2, 0.25) is 5.02 Å². The first-order valence-corrected chi connectivity index (χ1v) is 8.08. The number of aryl methyl sites for hydroxylation is 1. The fraction of sp³-hybridized carbons (Fsp3) is 0.111. The van der Waals surface area contributed by atoms with Gasteiger partial charge in [0.2, 0.25) is 0 Å². The number of rotatable bonds is 5. The molecule has 0 N–H and O–H groups in total. The number of ether oxygens (including phenoxy) is 1. The second-order valence-electron chi connectivity index (χ2n) is 5.53. The quantitative estimate of drug-likeness (QED) is 0.491. The van der Waals surface area contributed by atoms with Gasteiger partial charge in [-0.3, -0.25) is 4.79 Å². The maximum Gasteiger partial charge on any atom is 0.361 e. The van der Waals surface area contributed by atoms with E-state index in [1.165, 1.54) is 4.80 Å². The van der Waals surface area contributed by atoms with Crippen molar-refractivity contribution in [3.8, 4) is 5.69 Å². The van der Waals surface area contributed by atoms with Crippen molar-refractivity contribution in [3.05, 3.63) is 76.1 Å². The largest absolute Gasteiger partial charge is 0.452 e. The van der Waals surface area contributed by atoms with E-state index in [4.69, 9.17) is 16.3 Å². The molecule has 138 valence electrons. The Hall–Kier alpha value is -3.13. The number of ketones is 1. The summed E-state index contributed by atoms with van der Waals surface area (Å²) in [5, 5.41) is 8.64. The van der Waals surface area contributed by atoms with Crippen molar-refractivity contribution in [3.63, 3.8) is 0 Å². The van der Waals surface area contributed by atoms with E-state index in [0.717, 1.165) is 18.2 Å². The molecule has 1 heterocycles. The lowest BCUT2D eigenvalue weighted by Gasteiger charge is -2.03. The molecule has 0 bridgehead atoms. The van der Waals surface area contributed by atoms with Gasteiger partial charge in [-0.25, -0.2) is 13.6 Å². The van der Waals surface area contributed by atoms with E-state index in [2.05, 4.69) is 10.2 Å². The second-order valence-corrected chi connectivity index (χ2v) is 5.97. The third kappa shape index (κ3) is 4.17. The highest BCUT2D eigenvalue weighted by Gasteiger charge is 2.20. The van der Waals surface area contributed by atoms with Gasteiger partial charge in [-0.05, 0) is 43.3 Å². The van der Waals surface area contributed by atoms with E-state index in [-0.39, 0.29) is 11.3 Å². The second kappa shape index (κ2) is 7.63. The molecule has 0 atom stereocenters. The Kier molecular flexibility index (Phi) is 5.27. The first-order valence-electron chi connectivity index (χ1n) is 7.70. The van der Waals surface area contributed by atoms with Gasteiger partial charge in [0.05, 0.1) is 11.4 Å². The summed E-state index contributed by atoms with van der Waals surface area (Å²) >= 11 is 5.92. The lowest BCUT2D eigenvalue weighted by atomic mass is 10.1. The zero-order valence-corrected chi connectivity index (χ0v) is 14.7. The molecule has 0 saturated heterocycles. The Morgan fingerprint density at radius 1 is 1.11 bits per heavy atom. The van der Waals surface area contributed by atoms with E-state index in [0.29, 0.717) is 16.4 Å². The number of hydrogen-bond donors (Lipinski definition) is 0. The zero-order chi connectivity index (χ0) is 19.6. The molecule has 0 aliphatic heterocycles. The fourth-order valence-electron chi connectivity index (χ4n) is 2.24. The van der Waals surface area contributed by atoms with Crippen molar-refractivity contribution in [2.24, 2.45) is 0 Å². The van der Waals surface area contributed by atoms with Crippen LogP contribution < -0.4 is 0 Å². The average Bonchev–Trinajstić information content (AvgIpc) is 3.03. The Labute approximate surface area is 157 Å². The SMILES string of the molecule is Cc1nn(-c2cccc(Cl)c2)nc1C(=O)OCC(=O)c1ccc(F)c(F)c1. The van der Waals surface area contributed by atoms with Gasteiger partial charge in [-0.1, -0.05) is 17.7 Å². The lowest BCUT2D eigenvalue weighted by molar-refractivity contribution is 0.0467. The smallest absolute Gasteiger partial charge is 0.361 e. The highest BCUT2D eigenvalue weighted by atomic mass is 35.5. The molecule has 0 amide bonds. The Balaban J connectivity index is 1.71. The van der Waals surface area contributed by atoms with E-state index in [1.807, 2.05) is 0 Å². The highest BCUT2D eigenvalue weighted by molar-refractivity contribution is 6.30. The van der Waals surface area contributed by atoms with E-state index < -0.39 is 30.0 Å². The van der Waals surface area contributed by atoms with Gasteiger partial charge in [0.1, 0.15) is 0 Å². The van der Waals surface area contributed by atoms with Crippen LogP contribution in [0.15, 0.2) is 42.5 Å². The predicted octanol–water partition coefficient (Wildman–Crippen LogP) is 3.55. The third-order valence-electron chi connectivity index (χ3n) is 3.59. The van der Waals surface area contributed by atoms with Gasteiger partial charge >= 0.3 is 5.97 Å². The number of aromatic nitrogens is 3. The molecule has 9 heteroatoms. The fourth-order valence-corrected chi connectivity index (χ4v) is 2.42. The van der Waals surface area contributed by atoms with Crippen molar-refractivity contribution < 1.29 is 23.1 Å². The summed E-state index contributed by atoms with van der Waals surface area (Å²) in [7, 11) is 0. The van der Waals surface area contributed by atoms with Gasteiger partial charge in [-0.2, -0.15) is 9.90 Å². The summed E-state index contributed by atoms with van der Waals surface area (Å²) in [5.41, 5.74) is 0.650. The Morgan fingerprint density at radius 3 is 2.59 bits per heavy atom. The summed E-state index contributed by atoms with van der Waals surface area (Å²) in [5.74, 6) is -3.77. The molecule has 3 aromatic rings. The zero-order valence-electron chi connectivity index (χ0n) is 13.9. The molecule has 0 saturated carbocycles. The number of esters is 1. The first kappa shape index (κ1) is 18.7. The molecule has 0 unspecified atom stereocenters. The molecule has 0 aliphatic carbocycles. The first-order chi connectivity index (χ1) is 12.8. The van der Waals surface area contributed by atoms with Gasteiger partial charge in [0.15, 0.2) is 29.7 Å². The Bertz CT molecular complexity index is 1040. The molecular formula is C18H12ClF2N3O3. The molecule has 27 heavy (non-hydrogen) atoms. The molecule has 3 rings (SSSR count). The van der Waals surface area contributed by atoms with Crippen LogP contribution in [-0.4, -0.2) is 33.4 Å². The number of halogens is 3. The van der Waals surface area contributed by atoms with E-state index >= 15 is 0 Å². The number of carbonyl (C=O) groups excluding carboxylic acids is 2. The number of hydrogen-bond acceptors (Lipinski definition) is 5. The molecule has 0 spiro atoms. The molecular weight excluding hydrogens is 380 g/mol. The van der Waals surface area contributed by atoms with Crippen LogP contribution >= 0.6 is 11.6 Å². The normalized spacial score (nSPS) is 10.7. The summed E-state index contributed by atoms with van der Waals surface area (Å²) in [6.45, 7) is 0.912. The van der Waals surface area contributed by atoms with Crippen molar-refractivity contribution in [2.45, 2.75) is 6.92 Å². The van der Waals surface area contributed by atoms with Crippen molar-refractivity contribution in [2.75, 3.05) is 6.61 Å². The minimum atomic E-state index is -1.16. The van der Waals surface area contributed by atoms with Crippen LogP contribution in [0, 0.1) is 18.6 Å². The molecule has 0 aliphatic rings. The van der Waals surface area contributed by atoms with Crippen LogP contribution in [0.3, 0.4) is 0 Å². The topological polar surface area (TPSA) is 74.1 Å². The maximum absolute atomic E-state index is 13.2. The van der Waals surface area contributed by atoms with Crippen LogP contribution in [0.5, 0.6) is 0 Å². The van der Waals surface area contributed by atoms with Crippen molar-refractivity contribution >= 4 is 23.4 Å². The highest BCUT2D eigenvalue weighted by Crippen LogP contribution is 2.15. The minimum absolute atomic E-state index is 0.0759. The maximum atomic E-state index is 13.2. The van der Waals surface area contributed by atoms with E-state index in [1.54, 1.807) is 31.2 Å². The molecule has 0 radical (unpaired) electrons. The lowest BCUT2D eigenvalue weighted by Crippen LogP contribution is -2.16. The van der Waals surface area contributed by atoms with Crippen molar-refractivity contribution in [1.82, 2.24) is 15.0 Å². The van der Waals surface area contributed by atoms with E-state index in [9.17, 15) is 18.4 Å². The van der Waals surface area contributed by atoms with Crippen LogP contribution in [-0.2, 0) is 4.74 Å². The average molecular weight is 392 g/mol. The molecule has 2 aromatic carbocycles. The van der Waals surface area contributed by atoms with Gasteiger partial charge in [0, 0.05) is 10.6 Å².